The quantitative estimate of drug-likeness (QED) is 0.733. The van der Waals surface area contributed by atoms with Crippen LogP contribution < -0.4 is 5.32 Å². The van der Waals surface area contributed by atoms with Crippen molar-refractivity contribution in [1.29, 1.82) is 0 Å². The van der Waals surface area contributed by atoms with Gasteiger partial charge < -0.3 is 5.32 Å². The fourth-order valence-corrected chi connectivity index (χ4v) is 3.17. The second kappa shape index (κ2) is 5.68. The van der Waals surface area contributed by atoms with Crippen LogP contribution in [0.1, 0.15) is 24.1 Å². The van der Waals surface area contributed by atoms with E-state index in [-0.39, 0.29) is 0 Å². The summed E-state index contributed by atoms with van der Waals surface area (Å²) < 4.78 is 0. The largest absolute Gasteiger partial charge is 0.340 e. The van der Waals surface area contributed by atoms with Crippen molar-refractivity contribution in [1.82, 2.24) is 10.2 Å². The van der Waals surface area contributed by atoms with Crippen molar-refractivity contribution in [2.75, 3.05) is 5.32 Å². The van der Waals surface area contributed by atoms with E-state index in [9.17, 15) is 0 Å². The summed E-state index contributed by atoms with van der Waals surface area (Å²) >= 11 is 0. The number of anilines is 2. The Morgan fingerprint density at radius 3 is 2.55 bits per heavy atom. The number of H-pyrrole nitrogens is 1. The van der Waals surface area contributed by atoms with E-state index in [1.165, 1.54) is 35.2 Å². The highest BCUT2D eigenvalue weighted by atomic mass is 15.2. The molecular weight excluding hydrogens is 270 g/mol. The molecule has 3 nitrogen and oxygen atoms in total. The topological polar surface area (TPSA) is 40.7 Å². The average Bonchev–Trinajstić information content (AvgIpc) is 2.99. The smallest absolute Gasteiger partial charge is 0.129 e. The monoisotopic (exact) mass is 289 g/mol. The number of aromatic nitrogens is 2. The number of nitrogens with one attached hydrogen (secondary N) is 2. The third-order valence-corrected chi connectivity index (χ3v) is 4.31. The molecular formula is C19H19N3. The summed E-state index contributed by atoms with van der Waals surface area (Å²) in [5.74, 6) is 1.05. The second-order valence-corrected chi connectivity index (χ2v) is 5.77. The third kappa shape index (κ3) is 2.39. The lowest BCUT2D eigenvalue weighted by Gasteiger charge is -2.14. The van der Waals surface area contributed by atoms with E-state index < -0.39 is 0 Å². The van der Waals surface area contributed by atoms with E-state index >= 15 is 0 Å². The van der Waals surface area contributed by atoms with Gasteiger partial charge in [0, 0.05) is 16.8 Å². The summed E-state index contributed by atoms with van der Waals surface area (Å²) in [6.45, 7) is 0. The van der Waals surface area contributed by atoms with Crippen LogP contribution >= 0.6 is 0 Å². The molecule has 3 heteroatoms. The number of aromatic amines is 1. The minimum atomic E-state index is 1.05. The van der Waals surface area contributed by atoms with Gasteiger partial charge in [-0.15, -0.1) is 0 Å². The lowest BCUT2D eigenvalue weighted by atomic mass is 9.97. The zero-order valence-electron chi connectivity index (χ0n) is 12.5. The van der Waals surface area contributed by atoms with Crippen LogP contribution in [0.3, 0.4) is 0 Å². The maximum absolute atomic E-state index is 4.47. The summed E-state index contributed by atoms with van der Waals surface area (Å²) in [7, 11) is 0. The molecule has 0 spiro atoms. The minimum absolute atomic E-state index is 1.05. The molecule has 1 heterocycles. The molecule has 0 fully saturated rings. The van der Waals surface area contributed by atoms with Gasteiger partial charge in [0.25, 0.3) is 0 Å². The van der Waals surface area contributed by atoms with Crippen LogP contribution in [0.25, 0.3) is 11.1 Å². The summed E-state index contributed by atoms with van der Waals surface area (Å²) in [4.78, 5) is 0. The molecule has 0 saturated carbocycles. The van der Waals surface area contributed by atoms with E-state index in [2.05, 4.69) is 64.0 Å². The molecule has 1 aliphatic carbocycles. The normalized spacial score (nSPS) is 13.6. The van der Waals surface area contributed by atoms with Crippen molar-refractivity contribution >= 4 is 11.5 Å². The van der Waals surface area contributed by atoms with Crippen LogP contribution in [0.2, 0.25) is 0 Å². The second-order valence-electron chi connectivity index (χ2n) is 5.77. The lowest BCUT2D eigenvalue weighted by Crippen LogP contribution is -2.03. The first-order valence-corrected chi connectivity index (χ1v) is 7.89. The van der Waals surface area contributed by atoms with Crippen LogP contribution in [0.4, 0.5) is 11.5 Å². The van der Waals surface area contributed by atoms with Crippen LogP contribution in [0, 0.1) is 0 Å². The van der Waals surface area contributed by atoms with Gasteiger partial charge in [0.1, 0.15) is 5.82 Å². The predicted molar refractivity (Wildman–Crippen MR) is 90.4 cm³/mol. The van der Waals surface area contributed by atoms with Gasteiger partial charge in [-0.2, -0.15) is 5.10 Å². The van der Waals surface area contributed by atoms with Crippen LogP contribution in [0.15, 0.2) is 54.6 Å². The van der Waals surface area contributed by atoms with Gasteiger partial charge in [0.2, 0.25) is 0 Å². The number of hydrogen-bond acceptors (Lipinski definition) is 2. The van der Waals surface area contributed by atoms with Crippen LogP contribution in [-0.4, -0.2) is 10.2 Å². The zero-order chi connectivity index (χ0) is 14.8. The maximum Gasteiger partial charge on any atom is 0.129 e. The summed E-state index contributed by atoms with van der Waals surface area (Å²) in [5.41, 5.74) is 6.13. The van der Waals surface area contributed by atoms with Gasteiger partial charge in [-0.3, -0.25) is 5.10 Å². The van der Waals surface area contributed by atoms with Crippen LogP contribution in [0.5, 0.6) is 0 Å². The Kier molecular flexibility index (Phi) is 3.39. The highest BCUT2D eigenvalue weighted by molar-refractivity contribution is 5.80. The molecule has 0 unspecified atom stereocenters. The molecule has 0 aliphatic heterocycles. The molecule has 110 valence electrons. The molecule has 0 saturated heterocycles. The number of hydrogen-bond donors (Lipinski definition) is 2. The molecule has 22 heavy (non-hydrogen) atoms. The van der Waals surface area contributed by atoms with Crippen LogP contribution in [-0.2, 0) is 12.8 Å². The number of fused-ring (bicyclic) bond motifs is 1. The predicted octanol–water partition coefficient (Wildman–Crippen LogP) is 4.70. The van der Waals surface area contributed by atoms with E-state index in [1.54, 1.807) is 0 Å². The van der Waals surface area contributed by atoms with E-state index in [1.807, 2.05) is 6.07 Å². The fraction of sp³-hybridized carbons (Fsp3) is 0.211. The van der Waals surface area contributed by atoms with E-state index in [0.717, 1.165) is 24.3 Å². The van der Waals surface area contributed by atoms with Gasteiger partial charge in [-0.25, -0.2) is 0 Å². The molecule has 0 radical (unpaired) electrons. The first kappa shape index (κ1) is 13.1. The van der Waals surface area contributed by atoms with Gasteiger partial charge in [0.15, 0.2) is 0 Å². The Balaban J connectivity index is 1.71. The van der Waals surface area contributed by atoms with Crippen molar-refractivity contribution in [2.24, 2.45) is 0 Å². The Morgan fingerprint density at radius 2 is 1.64 bits per heavy atom. The van der Waals surface area contributed by atoms with Crippen molar-refractivity contribution < 1.29 is 0 Å². The van der Waals surface area contributed by atoms with E-state index in [0.29, 0.717) is 0 Å². The molecule has 0 amide bonds. The maximum atomic E-state index is 4.47. The van der Waals surface area contributed by atoms with Gasteiger partial charge >= 0.3 is 0 Å². The Bertz CT molecular complexity index is 774. The number of nitrogens with zero attached hydrogens (tertiary/aromatic N) is 1. The first-order valence-electron chi connectivity index (χ1n) is 7.89. The average molecular weight is 289 g/mol. The number of aryl methyl sites for hydroxylation is 1. The minimum Gasteiger partial charge on any atom is -0.340 e. The Labute approximate surface area is 130 Å². The number of para-hydroxylation sites is 1. The number of rotatable bonds is 3. The van der Waals surface area contributed by atoms with Gasteiger partial charge in [-0.1, -0.05) is 48.5 Å². The number of benzene rings is 2. The van der Waals surface area contributed by atoms with Gasteiger partial charge in [0.05, 0.1) is 5.69 Å². The standard InChI is InChI=1S/C19H19N3/c1-2-8-14(9-3-1)15-10-4-6-12-17(15)20-19-16-11-5-7-13-18(16)21-22-19/h1-4,6,8-10,12H,5,7,11,13H2,(H2,20,21,22). The summed E-state index contributed by atoms with van der Waals surface area (Å²) in [6.07, 6.45) is 4.70. The zero-order valence-corrected chi connectivity index (χ0v) is 12.5. The molecule has 4 rings (SSSR count). The highest BCUT2D eigenvalue weighted by Crippen LogP contribution is 2.32. The fourth-order valence-electron chi connectivity index (χ4n) is 3.17. The lowest BCUT2D eigenvalue weighted by molar-refractivity contribution is 0.675. The van der Waals surface area contributed by atoms with E-state index in [4.69, 9.17) is 0 Å². The third-order valence-electron chi connectivity index (χ3n) is 4.31. The SMILES string of the molecule is c1ccc(-c2ccccc2Nc2[nH]nc3c2CCCC3)cc1. The summed E-state index contributed by atoms with van der Waals surface area (Å²) in [6, 6.07) is 18.9. The summed E-state index contributed by atoms with van der Waals surface area (Å²) in [5, 5.41) is 11.2. The van der Waals surface area contributed by atoms with Crippen molar-refractivity contribution in [3.63, 3.8) is 0 Å². The molecule has 1 aromatic heterocycles. The van der Waals surface area contributed by atoms with Gasteiger partial charge in [-0.05, 0) is 37.3 Å². The van der Waals surface area contributed by atoms with Crippen molar-refractivity contribution in [2.45, 2.75) is 25.7 Å². The van der Waals surface area contributed by atoms with Crippen molar-refractivity contribution in [3.05, 3.63) is 65.9 Å². The molecule has 2 N–H and O–H groups in total. The Hall–Kier alpha value is -2.55. The Morgan fingerprint density at radius 1 is 0.864 bits per heavy atom. The molecule has 0 atom stereocenters. The highest BCUT2D eigenvalue weighted by Gasteiger charge is 2.17. The molecule has 1 aliphatic rings. The molecule has 0 bridgehead atoms. The van der Waals surface area contributed by atoms with Crippen molar-refractivity contribution in [3.8, 4) is 11.1 Å². The molecule has 2 aromatic carbocycles. The molecule has 3 aromatic rings. The first-order chi connectivity index (χ1) is 10.9.